The molecule has 0 N–H and O–H groups in total. The Labute approximate surface area is 150 Å². The third kappa shape index (κ3) is 3.27. The fraction of sp³-hybridized carbons (Fsp3) is 0.333. The van der Waals surface area contributed by atoms with Gasteiger partial charge in [0, 0.05) is 37.3 Å². The molecule has 0 saturated carbocycles. The zero-order chi connectivity index (χ0) is 16.4. The highest BCUT2D eigenvalue weighted by molar-refractivity contribution is 7.98. The second-order valence-corrected chi connectivity index (χ2v) is 7.78. The second kappa shape index (κ2) is 7.09. The molecule has 4 nitrogen and oxygen atoms in total. The topological polar surface area (TPSA) is 32.3 Å². The Balaban J connectivity index is 1.41. The van der Waals surface area contributed by atoms with Crippen molar-refractivity contribution in [3.63, 3.8) is 0 Å². The number of anilines is 1. The highest BCUT2D eigenvalue weighted by atomic mass is 32.2. The number of pyridine rings is 1. The Kier molecular flexibility index (Phi) is 4.69. The summed E-state index contributed by atoms with van der Waals surface area (Å²) in [7, 11) is 0. The van der Waals surface area contributed by atoms with Crippen LogP contribution in [0, 0.1) is 0 Å². The molecule has 1 saturated heterocycles. The van der Waals surface area contributed by atoms with Gasteiger partial charge in [-0.3, -0.25) is 4.90 Å². The molecule has 0 spiro atoms. The van der Waals surface area contributed by atoms with E-state index in [0.29, 0.717) is 0 Å². The molecule has 0 atom stereocenters. The average molecular weight is 357 g/mol. The first-order valence-corrected chi connectivity index (χ1v) is 10.2. The molecule has 4 rings (SSSR count). The number of aromatic nitrogens is 2. The fourth-order valence-electron chi connectivity index (χ4n) is 3.11. The molecule has 124 valence electrons. The van der Waals surface area contributed by atoms with Crippen LogP contribution in [0.5, 0.6) is 0 Å². The molecule has 0 radical (unpaired) electrons. The van der Waals surface area contributed by atoms with E-state index in [2.05, 4.69) is 45.3 Å². The minimum Gasteiger partial charge on any atom is -0.368 e. The number of rotatable bonds is 4. The van der Waals surface area contributed by atoms with Crippen molar-refractivity contribution in [1.82, 2.24) is 14.9 Å². The number of para-hydroxylation sites is 1. The van der Waals surface area contributed by atoms with Crippen LogP contribution < -0.4 is 4.90 Å². The maximum Gasteiger partial charge on any atom is 0.143 e. The summed E-state index contributed by atoms with van der Waals surface area (Å²) in [6, 6.07) is 12.7. The van der Waals surface area contributed by atoms with Crippen LogP contribution in [0.15, 0.2) is 47.5 Å². The number of fused-ring (bicyclic) bond motifs is 1. The monoisotopic (exact) mass is 356 g/mol. The summed E-state index contributed by atoms with van der Waals surface area (Å²) in [6.45, 7) is 5.22. The summed E-state index contributed by atoms with van der Waals surface area (Å²) in [6.07, 6.45) is 3.99. The van der Waals surface area contributed by atoms with Gasteiger partial charge >= 0.3 is 0 Å². The van der Waals surface area contributed by atoms with Crippen LogP contribution in [0.25, 0.3) is 10.3 Å². The van der Waals surface area contributed by atoms with Gasteiger partial charge in [0.05, 0.1) is 12.2 Å². The number of piperazine rings is 1. The van der Waals surface area contributed by atoms with Crippen molar-refractivity contribution >= 4 is 39.1 Å². The normalized spacial score (nSPS) is 16.0. The largest absolute Gasteiger partial charge is 0.368 e. The van der Waals surface area contributed by atoms with E-state index in [1.165, 1.54) is 15.6 Å². The summed E-state index contributed by atoms with van der Waals surface area (Å²) in [4.78, 5) is 16.5. The SMILES string of the molecule is CSc1ccccc1N1CCN(Cc2nc3cccnc3s2)CC1. The Bertz CT molecular complexity index is 792. The first-order chi connectivity index (χ1) is 11.8. The van der Waals surface area contributed by atoms with Gasteiger partial charge in [-0.05, 0) is 30.5 Å². The molecule has 3 aromatic rings. The minimum absolute atomic E-state index is 0.930. The smallest absolute Gasteiger partial charge is 0.143 e. The number of hydrogen-bond donors (Lipinski definition) is 0. The van der Waals surface area contributed by atoms with Gasteiger partial charge in [-0.1, -0.05) is 23.5 Å². The molecule has 1 fully saturated rings. The van der Waals surface area contributed by atoms with E-state index in [9.17, 15) is 0 Å². The molecule has 1 aromatic carbocycles. The van der Waals surface area contributed by atoms with Crippen LogP contribution in [0.1, 0.15) is 5.01 Å². The zero-order valence-electron chi connectivity index (χ0n) is 13.7. The third-order valence-corrected chi connectivity index (χ3v) is 6.12. The van der Waals surface area contributed by atoms with E-state index in [1.54, 1.807) is 11.3 Å². The van der Waals surface area contributed by atoms with Crippen molar-refractivity contribution in [3.8, 4) is 0 Å². The molecule has 0 amide bonds. The summed E-state index contributed by atoms with van der Waals surface area (Å²) in [5.74, 6) is 0. The highest BCUT2D eigenvalue weighted by Crippen LogP contribution is 2.29. The van der Waals surface area contributed by atoms with Gasteiger partial charge in [-0.25, -0.2) is 9.97 Å². The molecule has 1 aliphatic rings. The summed E-state index contributed by atoms with van der Waals surface area (Å²) < 4.78 is 0. The van der Waals surface area contributed by atoms with E-state index in [-0.39, 0.29) is 0 Å². The van der Waals surface area contributed by atoms with Crippen molar-refractivity contribution < 1.29 is 0 Å². The van der Waals surface area contributed by atoms with Crippen LogP contribution in [-0.4, -0.2) is 47.3 Å². The van der Waals surface area contributed by atoms with Crippen LogP contribution in [0.4, 0.5) is 5.69 Å². The van der Waals surface area contributed by atoms with Gasteiger partial charge < -0.3 is 4.90 Å². The summed E-state index contributed by atoms with van der Waals surface area (Å²) in [5.41, 5.74) is 2.39. The molecule has 2 aromatic heterocycles. The summed E-state index contributed by atoms with van der Waals surface area (Å²) in [5, 5.41) is 1.17. The standard InChI is InChI=1S/C18H20N4S2/c1-23-16-7-3-2-6-15(16)22-11-9-21(10-12-22)13-17-20-14-5-4-8-19-18(14)24-17/h2-8H,9-13H2,1H3. The lowest BCUT2D eigenvalue weighted by Gasteiger charge is -2.36. The van der Waals surface area contributed by atoms with E-state index in [1.807, 2.05) is 30.1 Å². The minimum atomic E-state index is 0.930. The van der Waals surface area contributed by atoms with Crippen LogP contribution >= 0.6 is 23.1 Å². The van der Waals surface area contributed by atoms with Gasteiger partial charge in [0.25, 0.3) is 0 Å². The fourth-order valence-corrected chi connectivity index (χ4v) is 4.68. The van der Waals surface area contributed by atoms with Gasteiger partial charge in [0.1, 0.15) is 15.4 Å². The van der Waals surface area contributed by atoms with Crippen molar-refractivity contribution in [2.24, 2.45) is 0 Å². The lowest BCUT2D eigenvalue weighted by atomic mass is 10.2. The van der Waals surface area contributed by atoms with E-state index < -0.39 is 0 Å². The predicted molar refractivity (Wildman–Crippen MR) is 103 cm³/mol. The van der Waals surface area contributed by atoms with Crippen LogP contribution in [0.2, 0.25) is 0 Å². The van der Waals surface area contributed by atoms with Gasteiger partial charge in [-0.15, -0.1) is 11.8 Å². The average Bonchev–Trinajstić information content (AvgIpc) is 3.04. The molecule has 6 heteroatoms. The van der Waals surface area contributed by atoms with Crippen LogP contribution in [-0.2, 0) is 6.54 Å². The first kappa shape index (κ1) is 15.9. The highest BCUT2D eigenvalue weighted by Gasteiger charge is 2.20. The molecule has 0 bridgehead atoms. The van der Waals surface area contributed by atoms with E-state index in [0.717, 1.165) is 43.1 Å². The molecule has 1 aliphatic heterocycles. The Morgan fingerprint density at radius 3 is 2.71 bits per heavy atom. The second-order valence-electron chi connectivity index (χ2n) is 5.87. The maximum atomic E-state index is 4.71. The van der Waals surface area contributed by atoms with Crippen molar-refractivity contribution in [3.05, 3.63) is 47.6 Å². The van der Waals surface area contributed by atoms with Crippen molar-refractivity contribution in [2.45, 2.75) is 11.4 Å². The molecular weight excluding hydrogens is 336 g/mol. The number of hydrogen-bond acceptors (Lipinski definition) is 6. The number of thiazole rings is 1. The van der Waals surface area contributed by atoms with E-state index in [4.69, 9.17) is 4.98 Å². The lowest BCUT2D eigenvalue weighted by Crippen LogP contribution is -2.46. The van der Waals surface area contributed by atoms with E-state index >= 15 is 0 Å². The van der Waals surface area contributed by atoms with Gasteiger partial charge in [0.2, 0.25) is 0 Å². The van der Waals surface area contributed by atoms with Crippen molar-refractivity contribution in [2.75, 3.05) is 37.3 Å². The predicted octanol–water partition coefficient (Wildman–Crippen LogP) is 3.74. The number of nitrogens with zero attached hydrogens (tertiary/aromatic N) is 4. The number of benzene rings is 1. The molecular formula is C18H20N4S2. The Hall–Kier alpha value is -1.63. The molecule has 0 aliphatic carbocycles. The number of thioether (sulfide) groups is 1. The summed E-state index contributed by atoms with van der Waals surface area (Å²) >= 11 is 3.54. The molecule has 0 unspecified atom stereocenters. The lowest BCUT2D eigenvalue weighted by molar-refractivity contribution is 0.249. The quantitative estimate of drug-likeness (QED) is 0.665. The maximum absolute atomic E-state index is 4.71. The van der Waals surface area contributed by atoms with Gasteiger partial charge in [-0.2, -0.15) is 0 Å². The Morgan fingerprint density at radius 1 is 1.08 bits per heavy atom. The van der Waals surface area contributed by atoms with Crippen molar-refractivity contribution in [1.29, 1.82) is 0 Å². The van der Waals surface area contributed by atoms with Crippen LogP contribution in [0.3, 0.4) is 0 Å². The van der Waals surface area contributed by atoms with Gasteiger partial charge in [0.15, 0.2) is 0 Å². The first-order valence-electron chi connectivity index (χ1n) is 8.14. The Morgan fingerprint density at radius 2 is 1.92 bits per heavy atom. The molecule has 3 heterocycles. The molecule has 24 heavy (non-hydrogen) atoms. The third-order valence-electron chi connectivity index (χ3n) is 4.37. The zero-order valence-corrected chi connectivity index (χ0v) is 15.3.